The first-order valence-corrected chi connectivity index (χ1v) is 11.0. The van der Waals surface area contributed by atoms with Gasteiger partial charge in [-0.2, -0.15) is 18.3 Å². The average Bonchev–Trinajstić information content (AvgIpc) is 3.37. The number of esters is 1. The number of anilines is 1. The maximum Gasteiger partial charge on any atom is 0.416 e. The van der Waals surface area contributed by atoms with Crippen LogP contribution in [0.2, 0.25) is 0 Å². The van der Waals surface area contributed by atoms with Crippen molar-refractivity contribution in [2.75, 3.05) is 19.0 Å². The molecule has 1 heterocycles. The maximum absolute atomic E-state index is 12.6. The molecule has 0 saturated carbocycles. The molecule has 38 heavy (non-hydrogen) atoms. The second-order valence-electron chi connectivity index (χ2n) is 7.41. The molecule has 0 radical (unpaired) electrons. The maximum atomic E-state index is 12.6. The molecule has 2 N–H and O–H groups in total. The number of alkyl halides is 3. The number of amides is 2. The normalized spacial score (nSPS) is 11.2. The van der Waals surface area contributed by atoms with Gasteiger partial charge in [-0.3, -0.25) is 9.59 Å². The Morgan fingerprint density at radius 1 is 0.974 bits per heavy atom. The zero-order valence-electron chi connectivity index (χ0n) is 20.1. The molecule has 0 bridgehead atoms. The number of carbonyl (C=O) groups is 3. The Morgan fingerprint density at radius 2 is 1.71 bits per heavy atom. The van der Waals surface area contributed by atoms with E-state index >= 15 is 0 Å². The second-order valence-corrected chi connectivity index (χ2v) is 7.41. The van der Waals surface area contributed by atoms with Crippen molar-refractivity contribution in [2.24, 2.45) is 5.10 Å². The number of carbonyl (C=O) groups excluding carboxylic acids is 3. The predicted molar refractivity (Wildman–Crippen MR) is 128 cm³/mol. The highest BCUT2D eigenvalue weighted by Gasteiger charge is 2.30. The number of benzene rings is 2. The number of hydrazone groups is 1. The van der Waals surface area contributed by atoms with Crippen LogP contribution in [0.15, 0.2) is 64.1 Å². The van der Waals surface area contributed by atoms with Gasteiger partial charge in [0.15, 0.2) is 11.5 Å². The van der Waals surface area contributed by atoms with Crippen molar-refractivity contribution in [1.82, 2.24) is 5.43 Å². The van der Waals surface area contributed by atoms with Crippen LogP contribution in [0, 0.1) is 0 Å². The highest BCUT2D eigenvalue weighted by atomic mass is 19.4. The van der Waals surface area contributed by atoms with E-state index in [-0.39, 0.29) is 18.1 Å². The fraction of sp³-hybridized carbons (Fsp3) is 0.200. The van der Waals surface area contributed by atoms with E-state index in [0.717, 1.165) is 24.3 Å². The van der Waals surface area contributed by atoms with E-state index in [1.165, 1.54) is 19.4 Å². The smallest absolute Gasteiger partial charge is 0.416 e. The van der Waals surface area contributed by atoms with E-state index in [9.17, 15) is 27.6 Å². The summed E-state index contributed by atoms with van der Waals surface area (Å²) in [5, 5.41) is 5.89. The number of hydrogen-bond donors (Lipinski definition) is 2. The summed E-state index contributed by atoms with van der Waals surface area (Å²) in [7, 11) is 1.24. The highest BCUT2D eigenvalue weighted by molar-refractivity contribution is 6.39. The Balaban J connectivity index is 1.57. The zero-order valence-corrected chi connectivity index (χ0v) is 20.1. The molecule has 13 heteroatoms. The number of methoxy groups -OCH3 is 1. The minimum absolute atomic E-state index is 0.00854. The molecule has 0 aliphatic rings. The number of nitrogens with zero attached hydrogens (tertiary/aromatic N) is 1. The summed E-state index contributed by atoms with van der Waals surface area (Å²) in [6, 6.07) is 11.4. The highest BCUT2D eigenvalue weighted by Crippen LogP contribution is 2.30. The molecule has 0 atom stereocenters. The molecule has 0 aliphatic carbocycles. The molecule has 3 aromatic rings. The average molecular weight is 533 g/mol. The first kappa shape index (κ1) is 27.8. The topological polar surface area (TPSA) is 128 Å². The summed E-state index contributed by atoms with van der Waals surface area (Å²) in [5.41, 5.74) is 1.65. The van der Waals surface area contributed by atoms with Gasteiger partial charge in [-0.25, -0.2) is 10.2 Å². The van der Waals surface area contributed by atoms with E-state index in [1.807, 2.05) is 5.43 Å². The summed E-state index contributed by atoms with van der Waals surface area (Å²) < 4.78 is 59.1. The lowest BCUT2D eigenvalue weighted by molar-refractivity contribution is -0.137. The molecule has 0 saturated heterocycles. The van der Waals surface area contributed by atoms with Crippen molar-refractivity contribution in [1.29, 1.82) is 0 Å². The molecule has 0 unspecified atom stereocenters. The van der Waals surface area contributed by atoms with Crippen LogP contribution in [0.3, 0.4) is 0 Å². The number of nitrogens with one attached hydrogen (secondary N) is 2. The second kappa shape index (κ2) is 12.4. The van der Waals surface area contributed by atoms with E-state index in [4.69, 9.17) is 13.9 Å². The largest absolute Gasteiger partial charge is 0.490 e. The van der Waals surface area contributed by atoms with Crippen LogP contribution >= 0.6 is 0 Å². The van der Waals surface area contributed by atoms with Crippen molar-refractivity contribution in [3.63, 3.8) is 0 Å². The van der Waals surface area contributed by atoms with Crippen LogP contribution in [0.1, 0.15) is 34.4 Å². The van der Waals surface area contributed by atoms with Crippen molar-refractivity contribution in [3.05, 3.63) is 77.2 Å². The Bertz CT molecular complexity index is 1320. The lowest BCUT2D eigenvalue weighted by Gasteiger charge is -2.11. The molecule has 1 aromatic heterocycles. The van der Waals surface area contributed by atoms with E-state index in [2.05, 4.69) is 15.2 Å². The van der Waals surface area contributed by atoms with Gasteiger partial charge in [-0.05, 0) is 67.1 Å². The monoisotopic (exact) mass is 533 g/mol. The molecule has 3 rings (SSSR count). The molecular formula is C25H22F3N3O7. The van der Waals surface area contributed by atoms with Crippen molar-refractivity contribution in [3.8, 4) is 11.5 Å². The van der Waals surface area contributed by atoms with Gasteiger partial charge in [0, 0.05) is 5.69 Å². The third-order valence-electron chi connectivity index (χ3n) is 4.74. The summed E-state index contributed by atoms with van der Waals surface area (Å²) >= 11 is 0. The van der Waals surface area contributed by atoms with Crippen LogP contribution in [0.4, 0.5) is 18.9 Å². The SMILES string of the molecule is CCOc1cc(C=NNC(=O)C(=O)Nc2ccc(C(F)(F)F)cc2)ccc1OCc1ccc(C(=O)OC)o1. The van der Waals surface area contributed by atoms with Gasteiger partial charge in [-0.15, -0.1) is 0 Å². The van der Waals surface area contributed by atoms with Crippen LogP contribution in [-0.2, 0) is 27.1 Å². The van der Waals surface area contributed by atoms with Gasteiger partial charge in [0.1, 0.15) is 12.4 Å². The van der Waals surface area contributed by atoms with Crippen LogP contribution in [-0.4, -0.2) is 37.7 Å². The fourth-order valence-electron chi connectivity index (χ4n) is 2.95. The zero-order chi connectivity index (χ0) is 27.7. The van der Waals surface area contributed by atoms with Crippen molar-refractivity contribution >= 4 is 29.7 Å². The van der Waals surface area contributed by atoms with Gasteiger partial charge in [0.05, 0.1) is 25.5 Å². The summed E-state index contributed by atoms with van der Waals surface area (Å²) in [5.74, 6) is -1.69. The van der Waals surface area contributed by atoms with Gasteiger partial charge in [0.2, 0.25) is 5.76 Å². The van der Waals surface area contributed by atoms with Crippen molar-refractivity contribution in [2.45, 2.75) is 19.7 Å². The number of hydrogen-bond acceptors (Lipinski definition) is 8. The van der Waals surface area contributed by atoms with Gasteiger partial charge in [-0.1, -0.05) is 0 Å². The third-order valence-corrected chi connectivity index (χ3v) is 4.74. The quantitative estimate of drug-likeness (QED) is 0.183. The minimum Gasteiger partial charge on any atom is -0.490 e. The van der Waals surface area contributed by atoms with E-state index < -0.39 is 29.5 Å². The lowest BCUT2D eigenvalue weighted by atomic mass is 10.2. The van der Waals surface area contributed by atoms with Gasteiger partial charge in [0.25, 0.3) is 0 Å². The Labute approximate surface area is 214 Å². The van der Waals surface area contributed by atoms with E-state index in [1.54, 1.807) is 31.2 Å². The first-order valence-electron chi connectivity index (χ1n) is 11.0. The molecule has 2 amide bonds. The van der Waals surface area contributed by atoms with Crippen molar-refractivity contribution < 1.29 is 46.2 Å². The fourth-order valence-corrected chi connectivity index (χ4v) is 2.95. The summed E-state index contributed by atoms with van der Waals surface area (Å²) in [6.45, 7) is 2.11. The molecule has 10 nitrogen and oxygen atoms in total. The third kappa shape index (κ3) is 7.59. The van der Waals surface area contributed by atoms with E-state index in [0.29, 0.717) is 29.4 Å². The Hall–Kier alpha value is -4.81. The Kier molecular flexibility index (Phi) is 9.09. The molecular weight excluding hydrogens is 511 g/mol. The number of furan rings is 1. The molecule has 200 valence electrons. The summed E-state index contributed by atoms with van der Waals surface area (Å²) in [6.07, 6.45) is -3.26. The molecule has 0 aliphatic heterocycles. The van der Waals surface area contributed by atoms with Crippen LogP contribution in [0.5, 0.6) is 11.5 Å². The summed E-state index contributed by atoms with van der Waals surface area (Å²) in [4.78, 5) is 35.4. The van der Waals surface area contributed by atoms with Crippen LogP contribution < -0.4 is 20.2 Å². The van der Waals surface area contributed by atoms with Gasteiger partial charge < -0.3 is 23.9 Å². The Morgan fingerprint density at radius 3 is 2.37 bits per heavy atom. The van der Waals surface area contributed by atoms with Crippen LogP contribution in [0.25, 0.3) is 0 Å². The lowest BCUT2D eigenvalue weighted by Crippen LogP contribution is -2.32. The number of ether oxygens (including phenoxy) is 3. The standard InChI is InChI=1S/C25H22F3N3O7/c1-3-36-21-12-15(4-10-19(21)37-14-18-9-11-20(38-18)24(34)35-2)13-29-31-23(33)22(32)30-17-7-5-16(6-8-17)25(26,27)28/h4-13H,3,14H2,1-2H3,(H,30,32)(H,31,33). The molecule has 0 fully saturated rings. The number of rotatable bonds is 9. The molecule has 0 spiro atoms. The predicted octanol–water partition coefficient (Wildman–Crippen LogP) is 4.15. The number of halogens is 3. The molecule has 2 aromatic carbocycles. The first-order chi connectivity index (χ1) is 18.1. The van der Waals surface area contributed by atoms with Gasteiger partial charge >= 0.3 is 24.0 Å². The minimum atomic E-state index is -4.52.